The Balaban J connectivity index is 2.30. The van der Waals surface area contributed by atoms with Crippen molar-refractivity contribution in [2.45, 2.75) is 20.3 Å². The Morgan fingerprint density at radius 1 is 1.33 bits per heavy atom. The number of carbonyl (C=O) groups excluding carboxylic acids is 2. The molecule has 21 heavy (non-hydrogen) atoms. The molecule has 0 radical (unpaired) electrons. The van der Waals surface area contributed by atoms with Crippen LogP contribution in [0.4, 0.5) is 10.5 Å². The van der Waals surface area contributed by atoms with Gasteiger partial charge in [0, 0.05) is 10.9 Å². The third-order valence-corrected chi connectivity index (χ3v) is 3.02. The van der Waals surface area contributed by atoms with Crippen LogP contribution in [0.5, 0.6) is 0 Å². The number of halogens is 1. The lowest BCUT2D eigenvalue weighted by molar-refractivity contribution is -0.121. The zero-order chi connectivity index (χ0) is 15.8. The maximum Gasteiger partial charge on any atom is 0.438 e. The van der Waals surface area contributed by atoms with Crippen molar-refractivity contribution >= 4 is 33.6 Å². The van der Waals surface area contributed by atoms with Crippen LogP contribution >= 0.6 is 15.9 Å². The molecule has 7 heteroatoms. The number of benzene rings is 1. The molecule has 0 heterocycles. The van der Waals surface area contributed by atoms with E-state index in [0.717, 1.165) is 4.47 Å². The van der Waals surface area contributed by atoms with Crippen LogP contribution in [0.1, 0.15) is 20.3 Å². The van der Waals surface area contributed by atoms with Gasteiger partial charge in [0.15, 0.2) is 0 Å². The van der Waals surface area contributed by atoms with Gasteiger partial charge < -0.3 is 10.1 Å². The van der Waals surface area contributed by atoms with E-state index < -0.39 is 6.09 Å². The number of nitrogens with zero attached hydrogens (tertiary/aromatic N) is 1. The van der Waals surface area contributed by atoms with Crippen LogP contribution in [0.3, 0.4) is 0 Å². The summed E-state index contributed by atoms with van der Waals surface area (Å²) in [5.74, 6) is 0.188. The Morgan fingerprint density at radius 2 is 1.95 bits per heavy atom. The Kier molecular flexibility index (Phi) is 7.18. The fraction of sp³-hybridized carbons (Fsp3) is 0.429. The number of rotatable bonds is 6. The zero-order valence-corrected chi connectivity index (χ0v) is 13.6. The van der Waals surface area contributed by atoms with Crippen LogP contribution < -0.4 is 10.4 Å². The summed E-state index contributed by atoms with van der Waals surface area (Å²) < 4.78 is 5.69. The summed E-state index contributed by atoms with van der Waals surface area (Å²) in [6.07, 6.45) is -0.464. The van der Waals surface area contributed by atoms with Crippen molar-refractivity contribution in [3.63, 3.8) is 0 Å². The molecule has 0 aliphatic rings. The molecular formula is C14H19BrN2O4. The molecule has 2 amide bonds. The predicted molar refractivity (Wildman–Crippen MR) is 82.2 cm³/mol. The fourth-order valence-corrected chi connectivity index (χ4v) is 1.78. The summed E-state index contributed by atoms with van der Waals surface area (Å²) in [4.78, 5) is 22.9. The Hall–Kier alpha value is -1.60. The summed E-state index contributed by atoms with van der Waals surface area (Å²) in [5, 5.41) is 12.7. The first-order valence-electron chi connectivity index (χ1n) is 6.58. The number of nitrogens with one attached hydrogen (secondary N) is 1. The summed E-state index contributed by atoms with van der Waals surface area (Å²) in [5.41, 5.74) is 0.298. The Bertz CT molecular complexity index is 476. The summed E-state index contributed by atoms with van der Waals surface area (Å²) in [6, 6.07) is 6.52. The van der Waals surface area contributed by atoms with Crippen LogP contribution in [0.2, 0.25) is 0 Å². The van der Waals surface area contributed by atoms with Crippen molar-refractivity contribution in [1.29, 1.82) is 0 Å². The number of hydrogen-bond donors (Lipinski definition) is 2. The van der Waals surface area contributed by atoms with Gasteiger partial charge in [-0.1, -0.05) is 29.8 Å². The van der Waals surface area contributed by atoms with E-state index in [0.29, 0.717) is 17.2 Å². The number of ether oxygens (including phenoxy) is 1. The molecule has 0 atom stereocenters. The first-order valence-corrected chi connectivity index (χ1v) is 7.37. The van der Waals surface area contributed by atoms with E-state index in [1.54, 1.807) is 24.3 Å². The van der Waals surface area contributed by atoms with E-state index in [-0.39, 0.29) is 25.0 Å². The van der Waals surface area contributed by atoms with Crippen molar-refractivity contribution in [3.8, 4) is 0 Å². The van der Waals surface area contributed by atoms with E-state index in [4.69, 9.17) is 4.74 Å². The van der Waals surface area contributed by atoms with E-state index >= 15 is 0 Å². The van der Waals surface area contributed by atoms with E-state index in [1.807, 2.05) is 13.8 Å². The van der Waals surface area contributed by atoms with Crippen molar-refractivity contribution in [3.05, 3.63) is 28.7 Å². The minimum atomic E-state index is -0.893. The molecule has 0 aliphatic heterocycles. The second kappa shape index (κ2) is 8.63. The number of amides is 2. The Labute approximate surface area is 132 Å². The fourth-order valence-electron chi connectivity index (χ4n) is 1.52. The molecule has 1 aromatic rings. The third-order valence-electron chi connectivity index (χ3n) is 2.49. The van der Waals surface area contributed by atoms with Crippen LogP contribution in [0, 0.1) is 5.92 Å². The molecule has 0 spiro atoms. The summed E-state index contributed by atoms with van der Waals surface area (Å²) in [6.45, 7) is 4.10. The SMILES string of the molecule is CC(C)CC(=O)NCCOC(=O)N(O)c1ccc(Br)cc1. The average molecular weight is 359 g/mol. The van der Waals surface area contributed by atoms with Crippen LogP contribution in [-0.4, -0.2) is 30.4 Å². The largest absolute Gasteiger partial charge is 0.446 e. The summed E-state index contributed by atoms with van der Waals surface area (Å²) >= 11 is 3.26. The van der Waals surface area contributed by atoms with E-state index in [2.05, 4.69) is 21.2 Å². The minimum absolute atomic E-state index is 0.00371. The van der Waals surface area contributed by atoms with Crippen molar-refractivity contribution in [1.82, 2.24) is 5.32 Å². The molecule has 2 N–H and O–H groups in total. The molecule has 0 aliphatic carbocycles. The standard InChI is InChI=1S/C14H19BrN2O4/c1-10(2)9-13(18)16-7-8-21-14(19)17(20)12-5-3-11(15)4-6-12/h3-6,10,20H,7-9H2,1-2H3,(H,16,18). The predicted octanol–water partition coefficient (Wildman–Crippen LogP) is 2.94. The normalized spacial score (nSPS) is 10.3. The zero-order valence-electron chi connectivity index (χ0n) is 12.0. The number of hydroxylamine groups is 1. The number of hydrogen-bond acceptors (Lipinski definition) is 4. The lowest BCUT2D eigenvalue weighted by Gasteiger charge is -2.15. The molecular weight excluding hydrogens is 340 g/mol. The monoisotopic (exact) mass is 358 g/mol. The lowest BCUT2D eigenvalue weighted by Crippen LogP contribution is -2.32. The maximum absolute atomic E-state index is 11.6. The van der Waals surface area contributed by atoms with Gasteiger partial charge in [0.1, 0.15) is 6.61 Å². The smallest absolute Gasteiger partial charge is 0.438 e. The van der Waals surface area contributed by atoms with Crippen molar-refractivity contribution < 1.29 is 19.5 Å². The van der Waals surface area contributed by atoms with Gasteiger partial charge in [-0.05, 0) is 30.2 Å². The third kappa shape index (κ3) is 6.59. The molecule has 6 nitrogen and oxygen atoms in total. The van der Waals surface area contributed by atoms with Gasteiger partial charge in [-0.25, -0.2) is 4.79 Å². The minimum Gasteiger partial charge on any atom is -0.446 e. The van der Waals surface area contributed by atoms with Gasteiger partial charge >= 0.3 is 6.09 Å². The van der Waals surface area contributed by atoms with Crippen LogP contribution in [0.25, 0.3) is 0 Å². The molecule has 0 fully saturated rings. The highest BCUT2D eigenvalue weighted by Gasteiger charge is 2.14. The molecule has 1 rings (SSSR count). The van der Waals surface area contributed by atoms with Crippen molar-refractivity contribution in [2.24, 2.45) is 5.92 Å². The van der Waals surface area contributed by atoms with Gasteiger partial charge in [0.05, 0.1) is 12.2 Å². The van der Waals surface area contributed by atoms with Gasteiger partial charge in [-0.3, -0.25) is 10.0 Å². The van der Waals surface area contributed by atoms with Crippen molar-refractivity contribution in [2.75, 3.05) is 18.2 Å². The molecule has 116 valence electrons. The first-order chi connectivity index (χ1) is 9.90. The van der Waals surface area contributed by atoms with Crippen LogP contribution in [-0.2, 0) is 9.53 Å². The molecule has 0 bridgehead atoms. The van der Waals surface area contributed by atoms with Crippen LogP contribution in [0.15, 0.2) is 28.7 Å². The van der Waals surface area contributed by atoms with E-state index in [9.17, 15) is 14.8 Å². The highest BCUT2D eigenvalue weighted by Crippen LogP contribution is 2.17. The highest BCUT2D eigenvalue weighted by atomic mass is 79.9. The second-order valence-electron chi connectivity index (χ2n) is 4.85. The highest BCUT2D eigenvalue weighted by molar-refractivity contribution is 9.10. The second-order valence-corrected chi connectivity index (χ2v) is 5.77. The topological polar surface area (TPSA) is 78.9 Å². The van der Waals surface area contributed by atoms with Gasteiger partial charge in [0.2, 0.25) is 5.91 Å². The van der Waals surface area contributed by atoms with E-state index in [1.165, 1.54) is 0 Å². The van der Waals surface area contributed by atoms with Gasteiger partial charge in [0.25, 0.3) is 0 Å². The molecule has 1 aromatic carbocycles. The van der Waals surface area contributed by atoms with Gasteiger partial charge in [-0.2, -0.15) is 5.06 Å². The molecule has 0 unspecified atom stereocenters. The first kappa shape index (κ1) is 17.5. The quantitative estimate of drug-likeness (QED) is 0.465. The average Bonchev–Trinajstić information content (AvgIpc) is 2.42. The molecule has 0 aromatic heterocycles. The number of anilines is 1. The lowest BCUT2D eigenvalue weighted by atomic mass is 10.1. The number of carbonyl (C=O) groups is 2. The maximum atomic E-state index is 11.6. The molecule has 0 saturated heterocycles. The Morgan fingerprint density at radius 3 is 2.52 bits per heavy atom. The van der Waals surface area contributed by atoms with Gasteiger partial charge in [-0.15, -0.1) is 0 Å². The summed E-state index contributed by atoms with van der Waals surface area (Å²) in [7, 11) is 0. The molecule has 0 saturated carbocycles.